The predicted molar refractivity (Wildman–Crippen MR) is 82.1 cm³/mol. The second-order valence-corrected chi connectivity index (χ2v) is 6.77. The van der Waals surface area contributed by atoms with Gasteiger partial charge in [-0.3, -0.25) is 4.79 Å². The lowest BCUT2D eigenvalue weighted by molar-refractivity contribution is -0.143. The Labute approximate surface area is 134 Å². The summed E-state index contributed by atoms with van der Waals surface area (Å²) in [5.41, 5.74) is 2.11. The Morgan fingerprint density at radius 1 is 1.26 bits per heavy atom. The minimum Gasteiger partial charge on any atom is -0.460 e. The third-order valence-corrected chi connectivity index (χ3v) is 4.94. The molecule has 1 heterocycles. The second kappa shape index (κ2) is 6.93. The lowest BCUT2D eigenvalue weighted by atomic mass is 10.1. The second-order valence-electron chi connectivity index (χ2n) is 5.07. The molecule has 0 bridgehead atoms. The molecule has 0 aliphatic heterocycles. The number of hydrogen-bond acceptors (Lipinski definition) is 6. The first-order valence-corrected chi connectivity index (χ1v) is 8.42. The summed E-state index contributed by atoms with van der Waals surface area (Å²) in [5.74, 6) is -0.494. The summed E-state index contributed by atoms with van der Waals surface area (Å²) in [6.07, 6.45) is 0. The Bertz CT molecular complexity index is 792. The first kappa shape index (κ1) is 17.2. The van der Waals surface area contributed by atoms with Gasteiger partial charge in [0.1, 0.15) is 23.7 Å². The van der Waals surface area contributed by atoms with Crippen molar-refractivity contribution in [1.82, 2.24) is 9.88 Å². The van der Waals surface area contributed by atoms with Gasteiger partial charge in [0.05, 0.1) is 0 Å². The monoisotopic (exact) mass is 338 g/mol. The molecule has 0 spiro atoms. The van der Waals surface area contributed by atoms with Crippen LogP contribution in [0.3, 0.4) is 0 Å². The zero-order valence-electron chi connectivity index (χ0n) is 13.1. The van der Waals surface area contributed by atoms with Gasteiger partial charge in [0.2, 0.25) is 10.0 Å². The molecule has 2 aromatic rings. The number of ether oxygens (including phenoxy) is 1. The molecule has 0 unspecified atom stereocenters. The molecular weight excluding hydrogens is 320 g/mol. The highest BCUT2D eigenvalue weighted by Crippen LogP contribution is 2.18. The van der Waals surface area contributed by atoms with Crippen molar-refractivity contribution in [3.05, 3.63) is 46.8 Å². The molecule has 1 aromatic heterocycles. The Morgan fingerprint density at radius 3 is 2.57 bits per heavy atom. The van der Waals surface area contributed by atoms with E-state index in [1.165, 1.54) is 13.8 Å². The first-order valence-electron chi connectivity index (χ1n) is 6.94. The molecule has 0 atom stereocenters. The highest BCUT2D eigenvalue weighted by Gasteiger charge is 2.24. The molecular formula is C15H18N2O5S. The van der Waals surface area contributed by atoms with Gasteiger partial charge in [0.25, 0.3) is 0 Å². The Hall–Kier alpha value is -2.19. The molecule has 124 valence electrons. The number of aromatic nitrogens is 1. The molecule has 0 aliphatic rings. The Balaban J connectivity index is 1.93. The summed E-state index contributed by atoms with van der Waals surface area (Å²) < 4.78 is 36.4. The third-order valence-electron chi connectivity index (χ3n) is 3.29. The fraction of sp³-hybridized carbons (Fsp3) is 0.333. The quantitative estimate of drug-likeness (QED) is 0.804. The van der Waals surface area contributed by atoms with Crippen molar-refractivity contribution in [2.45, 2.75) is 32.3 Å². The number of benzene rings is 1. The van der Waals surface area contributed by atoms with Crippen LogP contribution in [0.4, 0.5) is 0 Å². The summed E-state index contributed by atoms with van der Waals surface area (Å²) in [7, 11) is -3.87. The van der Waals surface area contributed by atoms with Crippen LogP contribution in [0, 0.1) is 20.8 Å². The van der Waals surface area contributed by atoms with Gasteiger partial charge < -0.3 is 9.26 Å². The predicted octanol–water partition coefficient (Wildman–Crippen LogP) is 1.62. The van der Waals surface area contributed by atoms with Crippen molar-refractivity contribution in [3.8, 4) is 0 Å². The van der Waals surface area contributed by atoms with Gasteiger partial charge in [-0.25, -0.2) is 8.42 Å². The standard InChI is InChI=1S/C15H18N2O5S/c1-10-6-4-5-7-13(10)9-21-14(18)8-16-23(19,20)15-11(2)17-22-12(15)3/h4-7,16H,8-9H2,1-3H3. The molecule has 0 radical (unpaired) electrons. The smallest absolute Gasteiger partial charge is 0.321 e. The Kier molecular flexibility index (Phi) is 5.17. The molecule has 0 saturated carbocycles. The minimum atomic E-state index is -3.87. The summed E-state index contributed by atoms with van der Waals surface area (Å²) in [4.78, 5) is 11.7. The average molecular weight is 338 g/mol. The fourth-order valence-electron chi connectivity index (χ4n) is 2.07. The van der Waals surface area contributed by atoms with Crippen LogP contribution < -0.4 is 4.72 Å². The number of rotatable bonds is 6. The van der Waals surface area contributed by atoms with E-state index in [4.69, 9.17) is 9.26 Å². The Morgan fingerprint density at radius 2 is 1.96 bits per heavy atom. The van der Waals surface area contributed by atoms with Gasteiger partial charge in [-0.1, -0.05) is 29.4 Å². The molecule has 7 nitrogen and oxygen atoms in total. The van der Waals surface area contributed by atoms with Gasteiger partial charge in [-0.2, -0.15) is 4.72 Å². The maximum absolute atomic E-state index is 12.1. The lowest BCUT2D eigenvalue weighted by Crippen LogP contribution is -2.31. The zero-order valence-corrected chi connectivity index (χ0v) is 13.9. The zero-order chi connectivity index (χ0) is 17.0. The van der Waals surface area contributed by atoms with Crippen molar-refractivity contribution in [2.24, 2.45) is 0 Å². The molecule has 8 heteroatoms. The van der Waals surface area contributed by atoms with Crippen LogP contribution in [-0.4, -0.2) is 26.1 Å². The van der Waals surface area contributed by atoms with Crippen molar-refractivity contribution in [3.63, 3.8) is 0 Å². The molecule has 0 saturated heterocycles. The summed E-state index contributed by atoms with van der Waals surface area (Å²) in [6.45, 7) is 4.55. The number of nitrogens with one attached hydrogen (secondary N) is 1. The van der Waals surface area contributed by atoms with Crippen LogP contribution in [0.15, 0.2) is 33.7 Å². The van der Waals surface area contributed by atoms with E-state index in [0.717, 1.165) is 11.1 Å². The van der Waals surface area contributed by atoms with Crippen LogP contribution in [0.1, 0.15) is 22.6 Å². The van der Waals surface area contributed by atoms with Gasteiger partial charge in [0.15, 0.2) is 5.76 Å². The first-order chi connectivity index (χ1) is 10.8. The van der Waals surface area contributed by atoms with E-state index in [1.807, 2.05) is 31.2 Å². The largest absolute Gasteiger partial charge is 0.460 e. The number of carbonyl (C=O) groups is 1. The minimum absolute atomic E-state index is 0.0517. The van der Waals surface area contributed by atoms with Crippen LogP contribution in [0.2, 0.25) is 0 Å². The molecule has 0 fully saturated rings. The van der Waals surface area contributed by atoms with Crippen molar-refractivity contribution < 1.29 is 22.5 Å². The molecule has 23 heavy (non-hydrogen) atoms. The summed E-state index contributed by atoms with van der Waals surface area (Å²) in [6, 6.07) is 7.48. The van der Waals surface area contributed by atoms with Gasteiger partial charge >= 0.3 is 5.97 Å². The molecule has 2 rings (SSSR count). The van der Waals surface area contributed by atoms with E-state index in [0.29, 0.717) is 0 Å². The molecule has 0 aliphatic carbocycles. The molecule has 1 aromatic carbocycles. The van der Waals surface area contributed by atoms with E-state index >= 15 is 0 Å². The molecule has 1 N–H and O–H groups in total. The topological polar surface area (TPSA) is 98.5 Å². The lowest BCUT2D eigenvalue weighted by Gasteiger charge is -2.08. The SMILES string of the molecule is Cc1ccccc1COC(=O)CNS(=O)(=O)c1c(C)noc1C. The van der Waals surface area contributed by atoms with Crippen LogP contribution in [0.25, 0.3) is 0 Å². The number of carbonyl (C=O) groups excluding carboxylic acids is 1. The van der Waals surface area contributed by atoms with E-state index in [-0.39, 0.29) is 23.0 Å². The van der Waals surface area contributed by atoms with E-state index in [9.17, 15) is 13.2 Å². The molecule has 0 amide bonds. The number of aryl methyl sites for hydroxylation is 3. The van der Waals surface area contributed by atoms with Crippen molar-refractivity contribution in [1.29, 1.82) is 0 Å². The number of hydrogen-bond donors (Lipinski definition) is 1. The van der Waals surface area contributed by atoms with E-state index < -0.39 is 22.5 Å². The summed E-state index contributed by atoms with van der Waals surface area (Å²) >= 11 is 0. The summed E-state index contributed by atoms with van der Waals surface area (Å²) in [5, 5.41) is 3.58. The van der Waals surface area contributed by atoms with Crippen molar-refractivity contribution >= 4 is 16.0 Å². The van der Waals surface area contributed by atoms with Gasteiger partial charge in [-0.05, 0) is 31.9 Å². The maximum atomic E-state index is 12.1. The van der Waals surface area contributed by atoms with Crippen LogP contribution >= 0.6 is 0 Å². The highest BCUT2D eigenvalue weighted by atomic mass is 32.2. The van der Waals surface area contributed by atoms with Gasteiger partial charge in [0, 0.05) is 0 Å². The highest BCUT2D eigenvalue weighted by molar-refractivity contribution is 7.89. The normalized spacial score (nSPS) is 11.4. The number of esters is 1. The van der Waals surface area contributed by atoms with Gasteiger partial charge in [-0.15, -0.1) is 0 Å². The number of sulfonamides is 1. The van der Waals surface area contributed by atoms with E-state index in [1.54, 1.807) is 0 Å². The maximum Gasteiger partial charge on any atom is 0.321 e. The average Bonchev–Trinajstić information content (AvgIpc) is 2.84. The number of nitrogens with zero attached hydrogens (tertiary/aromatic N) is 1. The van der Waals surface area contributed by atoms with Crippen LogP contribution in [-0.2, 0) is 26.2 Å². The van der Waals surface area contributed by atoms with E-state index in [2.05, 4.69) is 9.88 Å². The fourth-order valence-corrected chi connectivity index (χ4v) is 3.36. The third kappa shape index (κ3) is 4.17. The van der Waals surface area contributed by atoms with Crippen molar-refractivity contribution in [2.75, 3.05) is 6.54 Å². The van der Waals surface area contributed by atoms with Crippen LogP contribution in [0.5, 0.6) is 0 Å².